The Bertz CT molecular complexity index is 860. The van der Waals surface area contributed by atoms with Crippen molar-refractivity contribution in [3.05, 3.63) is 54.6 Å². The lowest BCUT2D eigenvalue weighted by molar-refractivity contribution is 0.415. The van der Waals surface area contributed by atoms with Gasteiger partial charge in [-0.05, 0) is 35.7 Å². The number of ether oxygens (including phenoxy) is 1. The minimum absolute atomic E-state index is 0.863. The number of hydrogen-bond donors (Lipinski definition) is 3. The molecule has 2 aromatic rings. The first-order chi connectivity index (χ1) is 10.3. The second-order valence-electron chi connectivity index (χ2n) is 5.00. The van der Waals surface area contributed by atoms with Crippen molar-refractivity contribution in [2.45, 2.75) is 0 Å². The highest BCUT2D eigenvalue weighted by molar-refractivity contribution is 6.04. The molecule has 104 valence electrons. The van der Waals surface area contributed by atoms with Crippen LogP contribution in [0.1, 0.15) is 0 Å². The Morgan fingerprint density at radius 1 is 0.952 bits per heavy atom. The fourth-order valence-corrected chi connectivity index (χ4v) is 2.67. The van der Waals surface area contributed by atoms with Crippen LogP contribution in [0.25, 0.3) is 22.0 Å². The SMILES string of the molecule is COc1ccc2cc3c(Nc4ccccc4)[nH][nH]c-3c2c1. The number of methoxy groups -OCH3 is 1. The second-order valence-corrected chi connectivity index (χ2v) is 5.00. The van der Waals surface area contributed by atoms with Gasteiger partial charge in [-0.15, -0.1) is 0 Å². The average molecular weight is 277 g/mol. The van der Waals surface area contributed by atoms with Crippen molar-refractivity contribution in [1.29, 1.82) is 0 Å². The van der Waals surface area contributed by atoms with E-state index in [1.165, 1.54) is 5.39 Å². The minimum Gasteiger partial charge on any atom is -0.497 e. The molecular formula is C17H15N3O. The quantitative estimate of drug-likeness (QED) is 0.521. The summed E-state index contributed by atoms with van der Waals surface area (Å²) in [6.07, 6.45) is 0. The number of fused-ring (bicyclic) bond motifs is 3. The highest BCUT2D eigenvalue weighted by Gasteiger charge is 2.17. The minimum atomic E-state index is 0.863. The Labute approximate surface area is 122 Å². The molecule has 0 radical (unpaired) electrons. The van der Waals surface area contributed by atoms with Crippen LogP contribution < -0.4 is 10.1 Å². The zero-order chi connectivity index (χ0) is 14.2. The van der Waals surface area contributed by atoms with Gasteiger partial charge < -0.3 is 10.1 Å². The molecule has 2 aliphatic rings. The molecule has 3 N–H and O–H groups in total. The number of anilines is 2. The van der Waals surface area contributed by atoms with E-state index in [9.17, 15) is 0 Å². The van der Waals surface area contributed by atoms with Crippen molar-refractivity contribution in [2.24, 2.45) is 0 Å². The number of aromatic nitrogens is 2. The number of aromatic amines is 2. The van der Waals surface area contributed by atoms with Gasteiger partial charge in [0, 0.05) is 16.6 Å². The maximum atomic E-state index is 5.30. The third-order valence-electron chi connectivity index (χ3n) is 3.72. The first-order valence-electron chi connectivity index (χ1n) is 6.84. The maximum Gasteiger partial charge on any atom is 0.132 e. The monoisotopic (exact) mass is 277 g/mol. The summed E-state index contributed by atoms with van der Waals surface area (Å²) in [6, 6.07) is 18.4. The van der Waals surface area contributed by atoms with Gasteiger partial charge in [0.2, 0.25) is 0 Å². The van der Waals surface area contributed by atoms with E-state index in [4.69, 9.17) is 4.74 Å². The summed E-state index contributed by atoms with van der Waals surface area (Å²) in [5, 5.41) is 12.2. The van der Waals surface area contributed by atoms with Crippen molar-refractivity contribution < 1.29 is 4.74 Å². The third kappa shape index (κ3) is 1.92. The molecule has 2 aromatic carbocycles. The van der Waals surface area contributed by atoms with Gasteiger partial charge in [0.05, 0.1) is 12.8 Å². The van der Waals surface area contributed by atoms with Gasteiger partial charge in [0.15, 0.2) is 0 Å². The van der Waals surface area contributed by atoms with Crippen LogP contribution in [0.3, 0.4) is 0 Å². The number of rotatable bonds is 3. The molecule has 4 rings (SSSR count). The lowest BCUT2D eigenvalue weighted by atomic mass is 10.2. The summed E-state index contributed by atoms with van der Waals surface area (Å²) in [5.74, 6) is 1.83. The molecule has 21 heavy (non-hydrogen) atoms. The Morgan fingerprint density at radius 2 is 1.81 bits per heavy atom. The molecule has 0 fully saturated rings. The normalized spacial score (nSPS) is 11.1. The highest BCUT2D eigenvalue weighted by atomic mass is 16.5. The molecule has 4 nitrogen and oxygen atoms in total. The molecule has 4 heteroatoms. The van der Waals surface area contributed by atoms with E-state index >= 15 is 0 Å². The molecule has 0 amide bonds. The Balaban J connectivity index is 1.79. The molecule has 1 aliphatic carbocycles. The van der Waals surface area contributed by atoms with E-state index < -0.39 is 0 Å². The van der Waals surface area contributed by atoms with Crippen molar-refractivity contribution in [1.82, 2.24) is 10.2 Å². The number of benzene rings is 2. The van der Waals surface area contributed by atoms with E-state index in [1.807, 2.05) is 42.5 Å². The predicted octanol–water partition coefficient (Wildman–Crippen LogP) is 4.35. The lowest BCUT2D eigenvalue weighted by Crippen LogP contribution is -1.90. The lowest BCUT2D eigenvalue weighted by Gasteiger charge is -2.03. The van der Waals surface area contributed by atoms with Gasteiger partial charge in [-0.2, -0.15) is 0 Å². The largest absolute Gasteiger partial charge is 0.497 e. The van der Waals surface area contributed by atoms with Gasteiger partial charge in [-0.25, -0.2) is 0 Å². The van der Waals surface area contributed by atoms with Crippen LogP contribution in [0, 0.1) is 0 Å². The van der Waals surface area contributed by atoms with Gasteiger partial charge in [-0.3, -0.25) is 10.2 Å². The smallest absolute Gasteiger partial charge is 0.132 e. The zero-order valence-corrected chi connectivity index (χ0v) is 11.6. The zero-order valence-electron chi connectivity index (χ0n) is 11.6. The van der Waals surface area contributed by atoms with Crippen LogP contribution in [0.15, 0.2) is 54.6 Å². The summed E-state index contributed by atoms with van der Waals surface area (Å²) >= 11 is 0. The third-order valence-corrected chi connectivity index (χ3v) is 3.72. The Kier molecular flexibility index (Phi) is 2.60. The Morgan fingerprint density at radius 3 is 2.62 bits per heavy atom. The van der Waals surface area contributed by atoms with Crippen LogP contribution in [0.5, 0.6) is 5.75 Å². The average Bonchev–Trinajstić information content (AvgIpc) is 3.08. The summed E-state index contributed by atoms with van der Waals surface area (Å²) in [6.45, 7) is 0. The van der Waals surface area contributed by atoms with E-state index in [0.29, 0.717) is 0 Å². The molecular weight excluding hydrogens is 262 g/mol. The summed E-state index contributed by atoms with van der Waals surface area (Å²) in [5.41, 5.74) is 3.28. The number of hydrogen-bond acceptors (Lipinski definition) is 2. The summed E-state index contributed by atoms with van der Waals surface area (Å²) < 4.78 is 5.30. The predicted molar refractivity (Wildman–Crippen MR) is 85.5 cm³/mol. The molecule has 0 saturated heterocycles. The molecule has 0 bridgehead atoms. The van der Waals surface area contributed by atoms with Gasteiger partial charge in [0.1, 0.15) is 11.6 Å². The summed E-state index contributed by atoms with van der Waals surface area (Å²) in [4.78, 5) is 0. The molecule has 0 atom stereocenters. The standard InChI is InChI=1S/C17H15N3O/c1-21-13-8-7-11-9-15-16(14(11)10-13)19-20-17(15)18-12-5-3-2-4-6-12/h2-10,18-20H,1H3. The summed E-state index contributed by atoms with van der Waals surface area (Å²) in [7, 11) is 1.69. The van der Waals surface area contributed by atoms with Crippen LogP contribution in [-0.2, 0) is 0 Å². The van der Waals surface area contributed by atoms with E-state index in [0.717, 1.165) is 33.9 Å². The van der Waals surface area contributed by atoms with Crippen LogP contribution >= 0.6 is 0 Å². The topological polar surface area (TPSA) is 52.8 Å². The van der Waals surface area contributed by atoms with E-state index in [2.05, 4.69) is 27.6 Å². The van der Waals surface area contributed by atoms with E-state index in [1.54, 1.807) is 7.11 Å². The van der Waals surface area contributed by atoms with Crippen molar-refractivity contribution in [3.8, 4) is 17.0 Å². The Hall–Kier alpha value is -2.88. The number of nitrogens with one attached hydrogen (secondary N) is 3. The van der Waals surface area contributed by atoms with Gasteiger partial charge in [-0.1, -0.05) is 24.3 Å². The van der Waals surface area contributed by atoms with Gasteiger partial charge >= 0.3 is 0 Å². The van der Waals surface area contributed by atoms with Crippen LogP contribution in [-0.4, -0.2) is 17.3 Å². The maximum absolute atomic E-state index is 5.30. The fourth-order valence-electron chi connectivity index (χ4n) is 2.67. The number of para-hydroxylation sites is 1. The molecule has 1 heterocycles. The van der Waals surface area contributed by atoms with Crippen LogP contribution in [0.2, 0.25) is 0 Å². The van der Waals surface area contributed by atoms with Crippen LogP contribution in [0.4, 0.5) is 11.5 Å². The van der Waals surface area contributed by atoms with Crippen molar-refractivity contribution in [3.63, 3.8) is 0 Å². The van der Waals surface area contributed by atoms with Gasteiger partial charge in [0.25, 0.3) is 0 Å². The first kappa shape index (κ1) is 11.9. The number of H-pyrrole nitrogens is 2. The second kappa shape index (κ2) is 4.59. The molecule has 1 aliphatic heterocycles. The first-order valence-corrected chi connectivity index (χ1v) is 6.84. The molecule has 0 spiro atoms. The highest BCUT2D eigenvalue weighted by Crippen LogP contribution is 2.39. The molecule has 0 saturated carbocycles. The van der Waals surface area contributed by atoms with Crippen molar-refractivity contribution in [2.75, 3.05) is 12.4 Å². The van der Waals surface area contributed by atoms with E-state index in [-0.39, 0.29) is 0 Å². The van der Waals surface area contributed by atoms with Crippen molar-refractivity contribution >= 4 is 22.3 Å². The molecule has 0 unspecified atom stereocenters. The fraction of sp³-hybridized carbons (Fsp3) is 0.0588. The molecule has 0 aromatic heterocycles.